The molecule has 3 N–H and O–H groups in total. The number of hydrogen-bond acceptors (Lipinski definition) is 2. The largest absolute Gasteiger partial charge is 0.347 e. The number of amides is 2. The number of aromatic amines is 1. The first-order chi connectivity index (χ1) is 6.47. The van der Waals surface area contributed by atoms with Crippen molar-refractivity contribution in [2.75, 3.05) is 0 Å². The maximum atomic E-state index is 11.3. The number of H-pyrrole nitrogens is 1. The summed E-state index contributed by atoms with van der Waals surface area (Å²) in [6.07, 6.45) is 3.37. The van der Waals surface area contributed by atoms with Gasteiger partial charge in [-0.05, 0) is 20.8 Å². The molecule has 0 aliphatic heterocycles. The van der Waals surface area contributed by atoms with Crippen molar-refractivity contribution >= 4 is 6.03 Å². The fourth-order valence-corrected chi connectivity index (χ4v) is 0.943. The summed E-state index contributed by atoms with van der Waals surface area (Å²) in [6, 6.07) is -0.186. The van der Waals surface area contributed by atoms with Gasteiger partial charge in [-0.15, -0.1) is 0 Å². The lowest BCUT2D eigenvalue weighted by atomic mass is 10.1. The number of nitrogens with one attached hydrogen (secondary N) is 3. The van der Waals surface area contributed by atoms with E-state index < -0.39 is 0 Å². The van der Waals surface area contributed by atoms with Crippen LogP contribution >= 0.6 is 0 Å². The van der Waals surface area contributed by atoms with Crippen molar-refractivity contribution in [1.82, 2.24) is 20.6 Å². The van der Waals surface area contributed by atoms with Gasteiger partial charge in [0.05, 0.1) is 6.54 Å². The molecule has 5 nitrogen and oxygen atoms in total. The van der Waals surface area contributed by atoms with Gasteiger partial charge in [-0.3, -0.25) is 0 Å². The van der Waals surface area contributed by atoms with E-state index in [-0.39, 0.29) is 11.6 Å². The van der Waals surface area contributed by atoms with Crippen molar-refractivity contribution < 1.29 is 4.79 Å². The number of imidazole rings is 1. The van der Waals surface area contributed by atoms with Crippen LogP contribution in [0.2, 0.25) is 0 Å². The van der Waals surface area contributed by atoms with E-state index in [9.17, 15) is 4.79 Å². The standard InChI is InChI=1S/C9H16N4O/c1-9(2,3)13-8(14)12-6-7-10-4-5-11-7/h4-5H,6H2,1-3H3,(H,10,11)(H2,12,13,14). The molecule has 0 aliphatic rings. The van der Waals surface area contributed by atoms with E-state index in [0.29, 0.717) is 6.54 Å². The first-order valence-corrected chi connectivity index (χ1v) is 4.52. The topological polar surface area (TPSA) is 69.8 Å². The van der Waals surface area contributed by atoms with Gasteiger partial charge >= 0.3 is 6.03 Å². The Labute approximate surface area is 83.3 Å². The Morgan fingerprint density at radius 1 is 1.57 bits per heavy atom. The second kappa shape index (κ2) is 4.13. The minimum absolute atomic E-state index is 0.186. The molecule has 0 unspecified atom stereocenters. The molecule has 0 atom stereocenters. The van der Waals surface area contributed by atoms with Gasteiger partial charge in [0, 0.05) is 17.9 Å². The second-order valence-corrected chi connectivity index (χ2v) is 4.09. The minimum atomic E-state index is -0.215. The molecule has 0 radical (unpaired) electrons. The second-order valence-electron chi connectivity index (χ2n) is 4.09. The molecular weight excluding hydrogens is 180 g/mol. The Morgan fingerprint density at radius 2 is 2.29 bits per heavy atom. The highest BCUT2D eigenvalue weighted by Gasteiger charge is 2.12. The third-order valence-corrected chi connectivity index (χ3v) is 1.46. The van der Waals surface area contributed by atoms with Crippen molar-refractivity contribution in [3.8, 4) is 0 Å². The van der Waals surface area contributed by atoms with Gasteiger partial charge in [0.1, 0.15) is 5.82 Å². The Balaban J connectivity index is 2.29. The van der Waals surface area contributed by atoms with Crippen molar-refractivity contribution in [2.24, 2.45) is 0 Å². The maximum Gasteiger partial charge on any atom is 0.315 e. The van der Waals surface area contributed by atoms with Crippen molar-refractivity contribution in [2.45, 2.75) is 32.9 Å². The van der Waals surface area contributed by atoms with Crippen LogP contribution in [0.25, 0.3) is 0 Å². The van der Waals surface area contributed by atoms with Crippen LogP contribution in [0.15, 0.2) is 12.4 Å². The minimum Gasteiger partial charge on any atom is -0.347 e. The average molecular weight is 196 g/mol. The van der Waals surface area contributed by atoms with Crippen LogP contribution in [0.3, 0.4) is 0 Å². The van der Waals surface area contributed by atoms with E-state index in [1.54, 1.807) is 12.4 Å². The quantitative estimate of drug-likeness (QED) is 0.660. The summed E-state index contributed by atoms with van der Waals surface area (Å²) in [5, 5.41) is 5.49. The molecule has 0 spiro atoms. The molecule has 2 amide bonds. The molecule has 1 heterocycles. The van der Waals surface area contributed by atoms with E-state index in [1.807, 2.05) is 20.8 Å². The van der Waals surface area contributed by atoms with Crippen molar-refractivity contribution in [3.63, 3.8) is 0 Å². The summed E-state index contributed by atoms with van der Waals surface area (Å²) >= 11 is 0. The molecule has 0 aliphatic carbocycles. The number of nitrogens with zero attached hydrogens (tertiary/aromatic N) is 1. The Kier molecular flexibility index (Phi) is 3.11. The number of aromatic nitrogens is 2. The van der Waals surface area contributed by atoms with Crippen LogP contribution in [-0.4, -0.2) is 21.5 Å². The number of hydrogen-bond donors (Lipinski definition) is 3. The summed E-state index contributed by atoms with van der Waals surface area (Å²) in [5.41, 5.74) is -0.215. The first kappa shape index (κ1) is 10.6. The van der Waals surface area contributed by atoms with E-state index >= 15 is 0 Å². The van der Waals surface area contributed by atoms with E-state index in [2.05, 4.69) is 20.6 Å². The third kappa shape index (κ3) is 3.93. The number of carbonyl (C=O) groups is 1. The maximum absolute atomic E-state index is 11.3. The van der Waals surface area contributed by atoms with Gasteiger partial charge in [0.15, 0.2) is 0 Å². The van der Waals surface area contributed by atoms with E-state index in [0.717, 1.165) is 5.82 Å². The van der Waals surface area contributed by atoms with Gasteiger partial charge in [0.25, 0.3) is 0 Å². The predicted molar refractivity (Wildman–Crippen MR) is 53.7 cm³/mol. The fourth-order valence-electron chi connectivity index (χ4n) is 0.943. The zero-order chi connectivity index (χ0) is 10.6. The van der Waals surface area contributed by atoms with Crippen LogP contribution in [0.4, 0.5) is 4.79 Å². The summed E-state index contributed by atoms with van der Waals surface area (Å²) in [5.74, 6) is 0.744. The van der Waals surface area contributed by atoms with E-state index in [4.69, 9.17) is 0 Å². The summed E-state index contributed by atoms with van der Waals surface area (Å²) in [4.78, 5) is 18.2. The van der Waals surface area contributed by atoms with Crippen LogP contribution in [0.5, 0.6) is 0 Å². The fraction of sp³-hybridized carbons (Fsp3) is 0.556. The SMILES string of the molecule is CC(C)(C)NC(=O)NCc1ncc[nH]1. The summed E-state index contributed by atoms with van der Waals surface area (Å²) in [6.45, 7) is 6.20. The normalized spacial score (nSPS) is 11.1. The molecular formula is C9H16N4O. The predicted octanol–water partition coefficient (Wildman–Crippen LogP) is 1.01. The molecule has 0 aromatic carbocycles. The first-order valence-electron chi connectivity index (χ1n) is 4.52. The molecule has 1 aromatic rings. The van der Waals surface area contributed by atoms with Crippen molar-refractivity contribution in [3.05, 3.63) is 18.2 Å². The van der Waals surface area contributed by atoms with Crippen LogP contribution in [-0.2, 0) is 6.54 Å². The average Bonchev–Trinajstić information content (AvgIpc) is 2.49. The number of carbonyl (C=O) groups excluding carboxylic acids is 1. The Bertz CT molecular complexity index is 286. The van der Waals surface area contributed by atoms with Crippen LogP contribution in [0.1, 0.15) is 26.6 Å². The highest BCUT2D eigenvalue weighted by molar-refractivity contribution is 5.74. The van der Waals surface area contributed by atoms with Crippen LogP contribution < -0.4 is 10.6 Å². The summed E-state index contributed by atoms with van der Waals surface area (Å²) < 4.78 is 0. The van der Waals surface area contributed by atoms with Gasteiger partial charge in [-0.1, -0.05) is 0 Å². The van der Waals surface area contributed by atoms with E-state index in [1.165, 1.54) is 0 Å². The molecule has 0 saturated carbocycles. The lowest BCUT2D eigenvalue weighted by molar-refractivity contribution is 0.231. The molecule has 1 rings (SSSR count). The highest BCUT2D eigenvalue weighted by atomic mass is 16.2. The Morgan fingerprint density at radius 3 is 2.79 bits per heavy atom. The molecule has 78 valence electrons. The molecule has 5 heteroatoms. The molecule has 0 fully saturated rings. The van der Waals surface area contributed by atoms with Crippen LogP contribution in [0, 0.1) is 0 Å². The summed E-state index contributed by atoms with van der Waals surface area (Å²) in [7, 11) is 0. The molecule has 0 bridgehead atoms. The molecule has 1 aromatic heterocycles. The Hall–Kier alpha value is -1.52. The van der Waals surface area contributed by atoms with Gasteiger partial charge < -0.3 is 15.6 Å². The zero-order valence-corrected chi connectivity index (χ0v) is 8.72. The highest BCUT2D eigenvalue weighted by Crippen LogP contribution is 1.97. The van der Waals surface area contributed by atoms with Gasteiger partial charge in [-0.25, -0.2) is 9.78 Å². The smallest absolute Gasteiger partial charge is 0.315 e. The number of urea groups is 1. The number of rotatable bonds is 2. The third-order valence-electron chi connectivity index (χ3n) is 1.46. The van der Waals surface area contributed by atoms with Crippen molar-refractivity contribution in [1.29, 1.82) is 0 Å². The zero-order valence-electron chi connectivity index (χ0n) is 8.72. The lowest BCUT2D eigenvalue weighted by Gasteiger charge is -2.20. The monoisotopic (exact) mass is 196 g/mol. The molecule has 0 saturated heterocycles. The lowest BCUT2D eigenvalue weighted by Crippen LogP contribution is -2.46. The molecule has 14 heavy (non-hydrogen) atoms. The van der Waals surface area contributed by atoms with Gasteiger partial charge in [-0.2, -0.15) is 0 Å². The van der Waals surface area contributed by atoms with Gasteiger partial charge in [0.2, 0.25) is 0 Å².